The Morgan fingerprint density at radius 2 is 2.04 bits per heavy atom. The van der Waals surface area contributed by atoms with Gasteiger partial charge in [0.2, 0.25) is 0 Å². The van der Waals surface area contributed by atoms with Crippen LogP contribution in [0.1, 0.15) is 38.2 Å². The Morgan fingerprint density at radius 1 is 1.33 bits per heavy atom. The molecule has 2 rings (SSSR count). The lowest BCUT2D eigenvalue weighted by molar-refractivity contribution is -0.158. The molecule has 0 aromatic heterocycles. The van der Waals surface area contributed by atoms with Crippen LogP contribution < -0.4 is 4.74 Å². The van der Waals surface area contributed by atoms with Gasteiger partial charge in [-0.3, -0.25) is 4.79 Å². The molecule has 0 unspecified atom stereocenters. The maximum atomic E-state index is 12.1. The number of esters is 2. The SMILES string of the molecule is C=CCOC(=O)C1(C)CCC(OC(=O)/C=C/c2ccc(O)c(OC)c2)CC1. The van der Waals surface area contributed by atoms with Gasteiger partial charge in [-0.05, 0) is 56.4 Å². The van der Waals surface area contributed by atoms with Crippen molar-refractivity contribution in [2.45, 2.75) is 38.7 Å². The van der Waals surface area contributed by atoms with E-state index in [2.05, 4.69) is 6.58 Å². The van der Waals surface area contributed by atoms with Gasteiger partial charge in [-0.1, -0.05) is 18.7 Å². The van der Waals surface area contributed by atoms with Gasteiger partial charge in [0, 0.05) is 6.08 Å². The molecule has 6 nitrogen and oxygen atoms in total. The van der Waals surface area contributed by atoms with Gasteiger partial charge >= 0.3 is 11.9 Å². The fourth-order valence-corrected chi connectivity index (χ4v) is 3.02. The van der Waals surface area contributed by atoms with Crippen LogP contribution >= 0.6 is 0 Å². The first-order chi connectivity index (χ1) is 12.9. The fourth-order valence-electron chi connectivity index (χ4n) is 3.02. The quantitative estimate of drug-likeness (QED) is 0.446. The molecule has 1 aromatic carbocycles. The van der Waals surface area contributed by atoms with Gasteiger partial charge < -0.3 is 19.3 Å². The molecule has 1 fully saturated rings. The minimum atomic E-state index is -0.537. The molecule has 1 aliphatic rings. The Kier molecular flexibility index (Phi) is 7.05. The van der Waals surface area contributed by atoms with E-state index in [4.69, 9.17) is 14.2 Å². The van der Waals surface area contributed by atoms with E-state index in [1.54, 1.807) is 24.3 Å². The highest BCUT2D eigenvalue weighted by Gasteiger charge is 2.39. The summed E-state index contributed by atoms with van der Waals surface area (Å²) in [6.07, 6.45) is 6.74. The summed E-state index contributed by atoms with van der Waals surface area (Å²) in [4.78, 5) is 24.2. The summed E-state index contributed by atoms with van der Waals surface area (Å²) < 4.78 is 15.7. The van der Waals surface area contributed by atoms with E-state index in [9.17, 15) is 14.7 Å². The van der Waals surface area contributed by atoms with Gasteiger partial charge in [-0.2, -0.15) is 0 Å². The molecular weight excluding hydrogens is 348 g/mol. The molecule has 6 heteroatoms. The number of carbonyl (C=O) groups is 2. The molecule has 1 aliphatic carbocycles. The Labute approximate surface area is 159 Å². The monoisotopic (exact) mass is 374 g/mol. The summed E-state index contributed by atoms with van der Waals surface area (Å²) >= 11 is 0. The number of ether oxygens (including phenoxy) is 3. The molecule has 0 aliphatic heterocycles. The second-order valence-electron chi connectivity index (χ2n) is 6.85. The van der Waals surface area contributed by atoms with E-state index < -0.39 is 11.4 Å². The van der Waals surface area contributed by atoms with E-state index in [-0.39, 0.29) is 24.4 Å². The van der Waals surface area contributed by atoms with Crippen LogP contribution in [0.15, 0.2) is 36.9 Å². The highest BCUT2D eigenvalue weighted by molar-refractivity contribution is 5.87. The maximum Gasteiger partial charge on any atom is 0.331 e. The second kappa shape index (κ2) is 9.26. The third-order valence-electron chi connectivity index (χ3n) is 4.76. The average Bonchev–Trinajstić information content (AvgIpc) is 2.67. The number of aromatic hydroxyl groups is 1. The number of hydrogen-bond acceptors (Lipinski definition) is 6. The van der Waals surface area contributed by atoms with E-state index in [0.717, 1.165) is 0 Å². The molecule has 0 radical (unpaired) electrons. The van der Waals surface area contributed by atoms with Crippen molar-refractivity contribution in [3.63, 3.8) is 0 Å². The normalized spacial score (nSPS) is 22.2. The summed E-state index contributed by atoms with van der Waals surface area (Å²) in [7, 11) is 1.46. The van der Waals surface area contributed by atoms with Crippen molar-refractivity contribution in [2.24, 2.45) is 5.41 Å². The highest BCUT2D eigenvalue weighted by atomic mass is 16.5. The molecule has 1 saturated carbocycles. The minimum Gasteiger partial charge on any atom is -0.504 e. The first-order valence-electron chi connectivity index (χ1n) is 8.92. The molecular formula is C21H26O6. The minimum absolute atomic E-state index is 0.0362. The number of benzene rings is 1. The van der Waals surface area contributed by atoms with Gasteiger partial charge in [0.15, 0.2) is 11.5 Å². The number of methoxy groups -OCH3 is 1. The Bertz CT molecular complexity index is 713. The lowest BCUT2D eigenvalue weighted by Gasteiger charge is -2.34. The van der Waals surface area contributed by atoms with Gasteiger partial charge in [0.05, 0.1) is 12.5 Å². The first kappa shape index (κ1) is 20.6. The van der Waals surface area contributed by atoms with Crippen molar-refractivity contribution in [2.75, 3.05) is 13.7 Å². The smallest absolute Gasteiger partial charge is 0.331 e. The zero-order chi connectivity index (χ0) is 19.9. The van der Waals surface area contributed by atoms with Crippen molar-refractivity contribution in [1.82, 2.24) is 0 Å². The van der Waals surface area contributed by atoms with Crippen LogP contribution in [0.25, 0.3) is 6.08 Å². The average molecular weight is 374 g/mol. The van der Waals surface area contributed by atoms with Crippen LogP contribution in [0, 0.1) is 5.41 Å². The van der Waals surface area contributed by atoms with E-state index in [0.29, 0.717) is 37.0 Å². The number of phenols is 1. The topological polar surface area (TPSA) is 82.1 Å². The second-order valence-corrected chi connectivity index (χ2v) is 6.85. The summed E-state index contributed by atoms with van der Waals surface area (Å²) in [5.41, 5.74) is 0.174. The van der Waals surface area contributed by atoms with Gasteiger partial charge in [0.1, 0.15) is 12.7 Å². The summed E-state index contributed by atoms with van der Waals surface area (Å²) in [6, 6.07) is 4.79. The highest BCUT2D eigenvalue weighted by Crippen LogP contribution is 2.38. The van der Waals surface area contributed by atoms with Crippen molar-refractivity contribution >= 4 is 18.0 Å². The molecule has 0 heterocycles. The molecule has 0 bridgehead atoms. The van der Waals surface area contributed by atoms with Crippen LogP contribution in [0.2, 0.25) is 0 Å². The molecule has 0 saturated heterocycles. The number of phenolic OH excluding ortho intramolecular Hbond substituents is 1. The van der Waals surface area contributed by atoms with E-state index in [1.807, 2.05) is 6.92 Å². The zero-order valence-corrected chi connectivity index (χ0v) is 15.8. The van der Waals surface area contributed by atoms with Crippen molar-refractivity contribution < 1.29 is 28.9 Å². The third kappa shape index (κ3) is 5.61. The molecule has 0 amide bonds. The van der Waals surface area contributed by atoms with Crippen molar-refractivity contribution in [3.05, 3.63) is 42.5 Å². The summed E-state index contributed by atoms with van der Waals surface area (Å²) in [5.74, 6) is -0.298. The largest absolute Gasteiger partial charge is 0.504 e. The van der Waals surface area contributed by atoms with Crippen molar-refractivity contribution in [1.29, 1.82) is 0 Å². The molecule has 0 atom stereocenters. The number of rotatable bonds is 7. The van der Waals surface area contributed by atoms with E-state index >= 15 is 0 Å². The maximum absolute atomic E-state index is 12.1. The lowest BCUT2D eigenvalue weighted by atomic mass is 9.74. The number of hydrogen-bond donors (Lipinski definition) is 1. The fraction of sp³-hybridized carbons (Fsp3) is 0.429. The predicted octanol–water partition coefficient (Wildman–Crippen LogP) is 3.64. The standard InChI is InChI=1S/C21H26O6/c1-4-13-26-20(24)21(2)11-9-16(10-12-21)27-19(23)8-6-15-5-7-17(22)18(14-15)25-3/h4-8,14,16,22H,1,9-13H2,2-3H3/b8-6+. The van der Waals surface area contributed by atoms with Crippen LogP contribution in [-0.4, -0.2) is 36.9 Å². The van der Waals surface area contributed by atoms with Crippen LogP contribution in [0.5, 0.6) is 11.5 Å². The van der Waals surface area contributed by atoms with Gasteiger partial charge in [-0.25, -0.2) is 4.79 Å². The summed E-state index contributed by atoms with van der Waals surface area (Å²) in [5, 5.41) is 9.58. The Morgan fingerprint density at radius 3 is 2.67 bits per heavy atom. The molecule has 1 N–H and O–H groups in total. The van der Waals surface area contributed by atoms with E-state index in [1.165, 1.54) is 19.3 Å². The summed E-state index contributed by atoms with van der Waals surface area (Å²) in [6.45, 7) is 5.63. The molecule has 27 heavy (non-hydrogen) atoms. The van der Waals surface area contributed by atoms with Crippen LogP contribution in [0.4, 0.5) is 0 Å². The Balaban J connectivity index is 1.85. The van der Waals surface area contributed by atoms with Crippen LogP contribution in [0.3, 0.4) is 0 Å². The first-order valence-corrected chi connectivity index (χ1v) is 8.92. The lowest BCUT2D eigenvalue weighted by Crippen LogP contribution is -2.37. The van der Waals surface area contributed by atoms with Gasteiger partial charge in [0.25, 0.3) is 0 Å². The van der Waals surface area contributed by atoms with Crippen molar-refractivity contribution in [3.8, 4) is 11.5 Å². The third-order valence-corrected chi connectivity index (χ3v) is 4.76. The number of carbonyl (C=O) groups excluding carboxylic acids is 2. The molecule has 0 spiro atoms. The predicted molar refractivity (Wildman–Crippen MR) is 101 cm³/mol. The van der Waals surface area contributed by atoms with Gasteiger partial charge in [-0.15, -0.1) is 0 Å². The Hall–Kier alpha value is -2.76. The molecule has 146 valence electrons. The zero-order valence-electron chi connectivity index (χ0n) is 15.8. The molecule has 1 aromatic rings. The van der Waals surface area contributed by atoms with Crippen LogP contribution in [-0.2, 0) is 19.1 Å².